The molecule has 0 spiro atoms. The largest absolute Gasteiger partial charge is 0.476 e. The fourth-order valence-corrected chi connectivity index (χ4v) is 2.44. The Bertz CT molecular complexity index is 806. The molecule has 1 aromatic heterocycles. The second-order valence-corrected chi connectivity index (χ2v) is 4.97. The molecule has 4 nitrogen and oxygen atoms in total. The van der Waals surface area contributed by atoms with Gasteiger partial charge in [0.1, 0.15) is 0 Å². The predicted octanol–water partition coefficient (Wildman–Crippen LogP) is 4.27. The highest BCUT2D eigenvalue weighted by molar-refractivity contribution is 5.86. The lowest BCUT2D eigenvalue weighted by Gasteiger charge is -2.09. The van der Waals surface area contributed by atoms with Crippen LogP contribution in [0.5, 0.6) is 0 Å². The minimum absolute atomic E-state index is 0.0872. The lowest BCUT2D eigenvalue weighted by molar-refractivity contribution is 0.0686. The lowest BCUT2D eigenvalue weighted by Crippen LogP contribution is -1.94. The summed E-state index contributed by atoms with van der Waals surface area (Å²) in [5.74, 6) is -0.638. The maximum atomic E-state index is 10.9. The fourth-order valence-electron chi connectivity index (χ4n) is 2.44. The van der Waals surface area contributed by atoms with Gasteiger partial charge in [-0.25, -0.2) is 4.79 Å². The third kappa shape index (κ3) is 2.63. The van der Waals surface area contributed by atoms with Gasteiger partial charge in [0.25, 0.3) is 0 Å². The summed E-state index contributed by atoms with van der Waals surface area (Å²) in [6.45, 7) is 2.11. The molecule has 0 fully saturated rings. The molecule has 0 aliphatic carbocycles. The van der Waals surface area contributed by atoms with E-state index >= 15 is 0 Å². The van der Waals surface area contributed by atoms with Gasteiger partial charge in [0.05, 0.1) is 0 Å². The average Bonchev–Trinajstić information content (AvgIpc) is 3.05. The Morgan fingerprint density at radius 1 is 1.09 bits per heavy atom. The molecule has 0 amide bonds. The number of benzene rings is 2. The maximum Gasteiger partial charge on any atom is 0.358 e. The van der Waals surface area contributed by atoms with Crippen LogP contribution in [0, 0.1) is 0 Å². The van der Waals surface area contributed by atoms with E-state index in [2.05, 4.69) is 24.2 Å². The van der Waals surface area contributed by atoms with Crippen molar-refractivity contribution < 1.29 is 14.4 Å². The number of carboxylic acid groups (broad SMARTS) is 1. The lowest BCUT2D eigenvalue weighted by atomic mass is 9.95. The normalized spacial score (nSPS) is 10.6. The van der Waals surface area contributed by atoms with Gasteiger partial charge >= 0.3 is 5.97 Å². The zero-order valence-electron chi connectivity index (χ0n) is 12.1. The first-order chi connectivity index (χ1) is 10.7. The Kier molecular flexibility index (Phi) is 3.74. The number of rotatable bonds is 4. The van der Waals surface area contributed by atoms with Crippen LogP contribution in [-0.4, -0.2) is 16.2 Å². The van der Waals surface area contributed by atoms with Crippen molar-refractivity contribution in [1.82, 2.24) is 5.16 Å². The number of nitrogens with zero attached hydrogens (tertiary/aromatic N) is 1. The summed E-state index contributed by atoms with van der Waals surface area (Å²) in [6, 6.07) is 17.5. The van der Waals surface area contributed by atoms with Crippen LogP contribution in [-0.2, 0) is 6.42 Å². The van der Waals surface area contributed by atoms with Crippen LogP contribution >= 0.6 is 0 Å². The van der Waals surface area contributed by atoms with Crippen LogP contribution in [0.25, 0.3) is 22.5 Å². The first kappa shape index (κ1) is 14.1. The van der Waals surface area contributed by atoms with Gasteiger partial charge in [-0.3, -0.25) is 0 Å². The quantitative estimate of drug-likeness (QED) is 0.780. The van der Waals surface area contributed by atoms with Crippen molar-refractivity contribution >= 4 is 5.97 Å². The standard InChI is InChI=1S/C18H15NO3/c1-2-12-8-9-14(17-11-16(18(20)21)19-22-17)10-15(12)13-6-4-3-5-7-13/h3-11H,2H2,1H3,(H,20,21). The summed E-state index contributed by atoms with van der Waals surface area (Å²) in [5, 5.41) is 12.5. The third-order valence-electron chi connectivity index (χ3n) is 3.59. The van der Waals surface area contributed by atoms with E-state index in [0.29, 0.717) is 5.76 Å². The van der Waals surface area contributed by atoms with E-state index in [9.17, 15) is 4.79 Å². The molecule has 110 valence electrons. The van der Waals surface area contributed by atoms with Crippen molar-refractivity contribution in [3.63, 3.8) is 0 Å². The SMILES string of the molecule is CCc1ccc(-c2cc(C(=O)O)no2)cc1-c1ccccc1. The molecular weight excluding hydrogens is 278 g/mol. The Morgan fingerprint density at radius 2 is 1.86 bits per heavy atom. The third-order valence-corrected chi connectivity index (χ3v) is 3.59. The summed E-state index contributed by atoms with van der Waals surface area (Å²) in [7, 11) is 0. The number of hydrogen-bond donors (Lipinski definition) is 1. The number of carbonyl (C=O) groups is 1. The van der Waals surface area contributed by atoms with E-state index in [0.717, 1.165) is 23.1 Å². The molecule has 2 aromatic carbocycles. The first-order valence-corrected chi connectivity index (χ1v) is 7.07. The zero-order chi connectivity index (χ0) is 15.5. The Hall–Kier alpha value is -2.88. The number of carboxylic acids is 1. The molecule has 3 rings (SSSR count). The Labute approximate surface area is 128 Å². The molecule has 0 saturated carbocycles. The molecule has 0 unspecified atom stereocenters. The van der Waals surface area contributed by atoms with Crippen molar-refractivity contribution in [2.24, 2.45) is 0 Å². The molecular formula is C18H15NO3. The number of aromatic nitrogens is 1. The fraction of sp³-hybridized carbons (Fsp3) is 0.111. The van der Waals surface area contributed by atoms with E-state index in [1.807, 2.05) is 36.4 Å². The molecule has 22 heavy (non-hydrogen) atoms. The van der Waals surface area contributed by atoms with Gasteiger partial charge in [0.15, 0.2) is 11.5 Å². The molecule has 0 radical (unpaired) electrons. The Balaban J connectivity index is 2.08. The van der Waals surface area contributed by atoms with Gasteiger partial charge in [-0.05, 0) is 29.2 Å². The molecule has 3 aromatic rings. The molecule has 0 atom stereocenters. The van der Waals surface area contributed by atoms with Crippen LogP contribution in [0.1, 0.15) is 23.0 Å². The van der Waals surface area contributed by atoms with Crippen LogP contribution in [0.3, 0.4) is 0 Å². The predicted molar refractivity (Wildman–Crippen MR) is 83.7 cm³/mol. The highest BCUT2D eigenvalue weighted by atomic mass is 16.5. The van der Waals surface area contributed by atoms with E-state index < -0.39 is 5.97 Å². The van der Waals surface area contributed by atoms with E-state index in [1.165, 1.54) is 11.6 Å². The maximum absolute atomic E-state index is 10.9. The van der Waals surface area contributed by atoms with E-state index in [1.54, 1.807) is 0 Å². The van der Waals surface area contributed by atoms with Crippen molar-refractivity contribution in [1.29, 1.82) is 0 Å². The highest BCUT2D eigenvalue weighted by Gasteiger charge is 2.14. The summed E-state index contributed by atoms with van der Waals surface area (Å²) >= 11 is 0. The van der Waals surface area contributed by atoms with E-state index in [-0.39, 0.29) is 5.69 Å². The van der Waals surface area contributed by atoms with Crippen molar-refractivity contribution in [2.75, 3.05) is 0 Å². The van der Waals surface area contributed by atoms with Crippen molar-refractivity contribution in [3.05, 3.63) is 65.9 Å². The summed E-state index contributed by atoms with van der Waals surface area (Å²) in [6.07, 6.45) is 0.918. The van der Waals surface area contributed by atoms with Gasteiger partial charge < -0.3 is 9.63 Å². The van der Waals surface area contributed by atoms with Crippen LogP contribution in [0.15, 0.2) is 59.1 Å². The molecule has 0 aliphatic heterocycles. The second kappa shape index (κ2) is 5.85. The molecule has 0 bridgehead atoms. The monoisotopic (exact) mass is 293 g/mol. The van der Waals surface area contributed by atoms with Gasteiger partial charge in [0.2, 0.25) is 0 Å². The molecule has 1 heterocycles. The molecule has 1 N–H and O–H groups in total. The van der Waals surface area contributed by atoms with Crippen molar-refractivity contribution in [3.8, 4) is 22.5 Å². The summed E-state index contributed by atoms with van der Waals surface area (Å²) in [4.78, 5) is 10.9. The first-order valence-electron chi connectivity index (χ1n) is 7.07. The Morgan fingerprint density at radius 3 is 2.50 bits per heavy atom. The van der Waals surface area contributed by atoms with Gasteiger partial charge in [0, 0.05) is 11.6 Å². The average molecular weight is 293 g/mol. The second-order valence-electron chi connectivity index (χ2n) is 4.97. The van der Waals surface area contributed by atoms with E-state index in [4.69, 9.17) is 9.63 Å². The number of aromatic carboxylic acids is 1. The van der Waals surface area contributed by atoms with Crippen molar-refractivity contribution in [2.45, 2.75) is 13.3 Å². The highest BCUT2D eigenvalue weighted by Crippen LogP contribution is 2.30. The summed E-state index contributed by atoms with van der Waals surface area (Å²) in [5.41, 5.74) is 4.20. The van der Waals surface area contributed by atoms with Gasteiger partial charge in [-0.2, -0.15) is 0 Å². The van der Waals surface area contributed by atoms with Gasteiger partial charge in [-0.15, -0.1) is 0 Å². The van der Waals surface area contributed by atoms with Crippen LogP contribution in [0.4, 0.5) is 0 Å². The summed E-state index contributed by atoms with van der Waals surface area (Å²) < 4.78 is 5.15. The molecule has 0 aliphatic rings. The molecule has 0 saturated heterocycles. The number of hydrogen-bond acceptors (Lipinski definition) is 3. The van der Waals surface area contributed by atoms with Crippen LogP contribution < -0.4 is 0 Å². The van der Waals surface area contributed by atoms with Crippen LogP contribution in [0.2, 0.25) is 0 Å². The smallest absolute Gasteiger partial charge is 0.358 e. The topological polar surface area (TPSA) is 63.3 Å². The minimum Gasteiger partial charge on any atom is -0.476 e. The van der Waals surface area contributed by atoms with Gasteiger partial charge in [-0.1, -0.05) is 54.5 Å². The molecule has 4 heteroatoms. The minimum atomic E-state index is -1.09. The number of aryl methyl sites for hydroxylation is 1. The zero-order valence-corrected chi connectivity index (χ0v) is 12.1.